The van der Waals surface area contributed by atoms with Gasteiger partial charge < -0.3 is 25.9 Å². The molecule has 0 radical (unpaired) electrons. The van der Waals surface area contributed by atoms with Gasteiger partial charge in [0.15, 0.2) is 7.28 Å². The maximum absolute atomic E-state index is 12.6. The fourth-order valence-corrected chi connectivity index (χ4v) is 3.46. The van der Waals surface area contributed by atoms with Crippen LogP contribution in [-0.4, -0.2) is 55.7 Å². The number of hydrogen-bond donors (Lipinski definition) is 4. The van der Waals surface area contributed by atoms with E-state index in [2.05, 4.69) is 22.5 Å². The highest BCUT2D eigenvalue weighted by Gasteiger charge is 2.27. The average molecular weight is 385 g/mol. The Morgan fingerprint density at radius 2 is 2.11 bits per heavy atom. The van der Waals surface area contributed by atoms with E-state index >= 15 is 0 Å². The summed E-state index contributed by atoms with van der Waals surface area (Å²) in [6.07, 6.45) is 3.27. The predicted octanol–water partition coefficient (Wildman–Crippen LogP) is -0.0353. The Morgan fingerprint density at radius 3 is 2.75 bits per heavy atom. The van der Waals surface area contributed by atoms with Gasteiger partial charge in [0.2, 0.25) is 5.91 Å². The van der Waals surface area contributed by atoms with Crippen molar-refractivity contribution < 1.29 is 19.5 Å². The number of aldehydes is 1. The average Bonchev–Trinajstić information content (AvgIpc) is 3.13. The Labute approximate surface area is 166 Å². The molecule has 0 spiro atoms. The molecule has 150 valence electrons. The van der Waals surface area contributed by atoms with Crippen molar-refractivity contribution in [3.8, 4) is 0 Å². The molecule has 1 aliphatic rings. The smallest absolute Gasteiger partial charge is 0.251 e. The summed E-state index contributed by atoms with van der Waals surface area (Å²) in [6.45, 7) is 5.10. The summed E-state index contributed by atoms with van der Waals surface area (Å²) in [5.74, 6) is -0.676. The number of carbonyl (C=O) groups is 3. The van der Waals surface area contributed by atoms with Gasteiger partial charge in [-0.15, -0.1) is 0 Å². The van der Waals surface area contributed by atoms with Crippen LogP contribution in [0.3, 0.4) is 0 Å². The molecule has 1 aromatic rings. The minimum Gasteiger partial charge on any atom is -0.513 e. The van der Waals surface area contributed by atoms with E-state index in [1.54, 1.807) is 14.0 Å². The lowest BCUT2D eigenvalue weighted by molar-refractivity contribution is -0.126. The molecule has 2 amide bonds. The van der Waals surface area contributed by atoms with E-state index in [1.807, 2.05) is 18.2 Å². The van der Waals surface area contributed by atoms with E-state index in [0.29, 0.717) is 11.8 Å². The Bertz CT molecular complexity index is 753. The van der Waals surface area contributed by atoms with Crippen molar-refractivity contribution in [2.75, 3.05) is 7.05 Å². The predicted molar refractivity (Wildman–Crippen MR) is 111 cm³/mol. The fraction of sp³-hybridized carbons (Fsp3) is 0.450. The van der Waals surface area contributed by atoms with E-state index < -0.39 is 24.0 Å². The molecule has 7 nitrogen and oxygen atoms in total. The Balaban J connectivity index is 1.96. The van der Waals surface area contributed by atoms with Crippen LogP contribution in [0.25, 0.3) is 0 Å². The number of aliphatic hydroxyl groups is 1. The van der Waals surface area contributed by atoms with E-state index in [0.717, 1.165) is 20.0 Å². The lowest BCUT2D eigenvalue weighted by Gasteiger charge is -2.25. The number of rotatable bonds is 10. The van der Waals surface area contributed by atoms with Crippen LogP contribution in [0.2, 0.25) is 6.32 Å². The maximum atomic E-state index is 12.6. The van der Waals surface area contributed by atoms with Crippen molar-refractivity contribution in [1.29, 1.82) is 0 Å². The van der Waals surface area contributed by atoms with Crippen LogP contribution in [0.4, 0.5) is 0 Å². The lowest BCUT2D eigenvalue weighted by Crippen LogP contribution is -2.56. The molecule has 0 saturated heterocycles. The molecule has 28 heavy (non-hydrogen) atoms. The second-order valence-corrected chi connectivity index (χ2v) is 7.22. The first-order chi connectivity index (χ1) is 13.3. The Morgan fingerprint density at radius 1 is 1.36 bits per heavy atom. The molecule has 8 heteroatoms. The van der Waals surface area contributed by atoms with E-state index in [4.69, 9.17) is 5.11 Å². The molecule has 1 aliphatic heterocycles. The molecule has 0 saturated carbocycles. The second-order valence-electron chi connectivity index (χ2n) is 7.22. The zero-order valence-corrected chi connectivity index (χ0v) is 16.5. The summed E-state index contributed by atoms with van der Waals surface area (Å²) in [7, 11) is 2.61. The van der Waals surface area contributed by atoms with E-state index in [-0.39, 0.29) is 24.5 Å². The van der Waals surface area contributed by atoms with Gasteiger partial charge in [-0.3, -0.25) is 9.59 Å². The van der Waals surface area contributed by atoms with Gasteiger partial charge >= 0.3 is 0 Å². The Hall–Kier alpha value is -2.61. The number of carbonyl (C=O) groups excluding carboxylic acids is 3. The number of fused-ring (bicyclic) bond motifs is 1. The van der Waals surface area contributed by atoms with Crippen molar-refractivity contribution in [1.82, 2.24) is 16.0 Å². The zero-order valence-electron chi connectivity index (χ0n) is 16.5. The van der Waals surface area contributed by atoms with Crippen molar-refractivity contribution in [2.45, 2.75) is 50.6 Å². The van der Waals surface area contributed by atoms with Gasteiger partial charge in [0, 0.05) is 12.0 Å². The molecule has 0 bridgehead atoms. The molecule has 1 heterocycles. The van der Waals surface area contributed by atoms with Gasteiger partial charge in [-0.25, -0.2) is 0 Å². The highest BCUT2D eigenvalue weighted by Crippen LogP contribution is 2.11. The molecular weight excluding hydrogens is 357 g/mol. The molecule has 0 aromatic heterocycles. The Kier molecular flexibility index (Phi) is 7.81. The number of benzene rings is 1. The highest BCUT2D eigenvalue weighted by molar-refractivity contribution is 6.55. The topological polar surface area (TPSA) is 108 Å². The normalized spacial score (nSPS) is 15.5. The SMILES string of the molecule is C=C(O)CCC(C=O)NC(=O)C(NC)C(C)NC(=O)c1ccc2c(c1)BCC2. The highest BCUT2D eigenvalue weighted by atomic mass is 16.3. The number of amides is 2. The summed E-state index contributed by atoms with van der Waals surface area (Å²) in [5, 5.41) is 17.5. The monoisotopic (exact) mass is 385 g/mol. The molecule has 2 rings (SSSR count). The fourth-order valence-electron chi connectivity index (χ4n) is 3.46. The standard InChI is InChI=1S/C20H28BN3O4/c1-12(26)4-7-16(11-25)24-20(28)18(22-3)13(2)23-19(27)15-6-5-14-8-9-21-17(14)10-15/h5-6,10-11,13,16,18,21-22,26H,1,4,7-9H2,2-3H3,(H,23,27)(H,24,28). The molecule has 3 unspecified atom stereocenters. The van der Waals surface area contributed by atoms with Crippen LogP contribution in [0, 0.1) is 0 Å². The van der Waals surface area contributed by atoms with Crippen LogP contribution < -0.4 is 21.4 Å². The van der Waals surface area contributed by atoms with Gasteiger partial charge in [0.25, 0.3) is 5.91 Å². The first-order valence-corrected chi connectivity index (χ1v) is 9.58. The van der Waals surface area contributed by atoms with Crippen molar-refractivity contribution in [3.63, 3.8) is 0 Å². The molecular formula is C20H28BN3O4. The summed E-state index contributed by atoms with van der Waals surface area (Å²) in [4.78, 5) is 36.3. The summed E-state index contributed by atoms with van der Waals surface area (Å²) < 4.78 is 0. The van der Waals surface area contributed by atoms with Gasteiger partial charge in [-0.1, -0.05) is 36.1 Å². The third-order valence-corrected chi connectivity index (χ3v) is 5.05. The summed E-state index contributed by atoms with van der Waals surface area (Å²) in [5.41, 5.74) is 3.08. The van der Waals surface area contributed by atoms with Crippen LogP contribution >= 0.6 is 0 Å². The van der Waals surface area contributed by atoms with Gasteiger partial charge in [0.1, 0.15) is 12.3 Å². The second kappa shape index (κ2) is 10.1. The number of aliphatic hydroxyl groups excluding tert-OH is 1. The number of aryl methyl sites for hydroxylation is 1. The minimum atomic E-state index is -0.730. The van der Waals surface area contributed by atoms with Crippen LogP contribution in [0.1, 0.15) is 35.7 Å². The quantitative estimate of drug-likeness (QED) is 0.257. The third kappa shape index (κ3) is 5.69. The summed E-state index contributed by atoms with van der Waals surface area (Å²) >= 11 is 0. The molecule has 4 N–H and O–H groups in total. The van der Waals surface area contributed by atoms with E-state index in [1.165, 1.54) is 11.0 Å². The van der Waals surface area contributed by atoms with Gasteiger partial charge in [0.05, 0.1) is 17.8 Å². The number of likely N-dealkylation sites (N-methyl/N-ethyl adjacent to an activating group) is 1. The van der Waals surface area contributed by atoms with Crippen molar-refractivity contribution >= 4 is 30.8 Å². The minimum absolute atomic E-state index is 0.0405. The number of hydrogen-bond acceptors (Lipinski definition) is 5. The van der Waals surface area contributed by atoms with Gasteiger partial charge in [-0.2, -0.15) is 0 Å². The third-order valence-electron chi connectivity index (χ3n) is 5.05. The first kappa shape index (κ1) is 21.7. The van der Waals surface area contributed by atoms with Crippen molar-refractivity contribution in [3.05, 3.63) is 41.7 Å². The van der Waals surface area contributed by atoms with Crippen LogP contribution in [0.15, 0.2) is 30.5 Å². The summed E-state index contributed by atoms with van der Waals surface area (Å²) in [6, 6.07) is 3.79. The van der Waals surface area contributed by atoms with Crippen molar-refractivity contribution in [2.24, 2.45) is 0 Å². The van der Waals surface area contributed by atoms with Gasteiger partial charge in [-0.05, 0) is 32.9 Å². The zero-order chi connectivity index (χ0) is 20.7. The molecule has 0 aliphatic carbocycles. The van der Waals surface area contributed by atoms with E-state index in [9.17, 15) is 14.4 Å². The number of allylic oxidation sites excluding steroid dienone is 1. The van der Waals surface area contributed by atoms with Crippen LogP contribution in [-0.2, 0) is 16.0 Å². The number of nitrogens with one attached hydrogen (secondary N) is 3. The maximum Gasteiger partial charge on any atom is 0.251 e. The largest absolute Gasteiger partial charge is 0.513 e. The first-order valence-electron chi connectivity index (χ1n) is 9.58. The molecule has 3 atom stereocenters. The molecule has 1 aromatic carbocycles. The molecule has 0 fully saturated rings. The van der Waals surface area contributed by atoms with Crippen LogP contribution in [0.5, 0.6) is 0 Å². The lowest BCUT2D eigenvalue weighted by atomic mass is 9.72.